The summed E-state index contributed by atoms with van der Waals surface area (Å²) in [7, 11) is 0. The molecular formula is C22H31FN4O. The molecule has 3 aliphatic carbocycles. The summed E-state index contributed by atoms with van der Waals surface area (Å²) in [5, 5.41) is 10.2. The summed E-state index contributed by atoms with van der Waals surface area (Å²) in [6, 6.07) is 7.91. The van der Waals surface area contributed by atoms with Crippen molar-refractivity contribution in [1.29, 1.82) is 0 Å². The summed E-state index contributed by atoms with van der Waals surface area (Å²) >= 11 is 0. The molecule has 4 rings (SSSR count). The molecule has 0 bridgehead atoms. The largest absolute Gasteiger partial charge is 0.354 e. The van der Waals surface area contributed by atoms with Crippen LogP contribution >= 0.6 is 0 Å². The fraction of sp³-hybridized carbons (Fsp3) is 0.636. The normalized spacial score (nSPS) is 29.9. The molecule has 0 spiro atoms. The van der Waals surface area contributed by atoms with Crippen LogP contribution in [-0.2, 0) is 4.79 Å². The van der Waals surface area contributed by atoms with Crippen LogP contribution in [-0.4, -0.2) is 36.5 Å². The number of amides is 1. The Morgan fingerprint density at radius 1 is 1.07 bits per heavy atom. The maximum atomic E-state index is 14.0. The van der Waals surface area contributed by atoms with Crippen molar-refractivity contribution in [3.63, 3.8) is 0 Å². The Morgan fingerprint density at radius 3 is 2.64 bits per heavy atom. The maximum Gasteiger partial charge on any atom is 0.223 e. The van der Waals surface area contributed by atoms with Gasteiger partial charge >= 0.3 is 0 Å². The molecule has 28 heavy (non-hydrogen) atoms. The van der Waals surface area contributed by atoms with Gasteiger partial charge in [0.05, 0.1) is 0 Å². The lowest BCUT2D eigenvalue weighted by Gasteiger charge is -2.30. The van der Waals surface area contributed by atoms with Gasteiger partial charge in [0.15, 0.2) is 5.96 Å². The highest BCUT2D eigenvalue weighted by molar-refractivity contribution is 5.82. The Morgan fingerprint density at radius 2 is 1.89 bits per heavy atom. The number of nitrogens with zero attached hydrogens (tertiary/aromatic N) is 1. The number of hydrogen-bond acceptors (Lipinski definition) is 2. The van der Waals surface area contributed by atoms with Gasteiger partial charge in [-0.25, -0.2) is 4.39 Å². The number of carbonyl (C=O) groups is 1. The van der Waals surface area contributed by atoms with Crippen molar-refractivity contribution >= 4 is 11.9 Å². The predicted molar refractivity (Wildman–Crippen MR) is 109 cm³/mol. The molecule has 5 nitrogen and oxygen atoms in total. The molecule has 0 saturated heterocycles. The highest BCUT2D eigenvalue weighted by Crippen LogP contribution is 2.41. The topological polar surface area (TPSA) is 65.5 Å². The molecule has 0 radical (unpaired) electrons. The zero-order chi connectivity index (χ0) is 19.5. The molecule has 0 heterocycles. The molecule has 6 heteroatoms. The second kappa shape index (κ2) is 8.50. The van der Waals surface area contributed by atoms with Crippen LogP contribution in [0.4, 0.5) is 4.39 Å². The summed E-state index contributed by atoms with van der Waals surface area (Å²) in [5.41, 5.74) is 0.783. The zero-order valence-electron chi connectivity index (χ0n) is 16.6. The van der Waals surface area contributed by atoms with E-state index in [1.54, 1.807) is 6.07 Å². The first-order chi connectivity index (χ1) is 13.6. The van der Waals surface area contributed by atoms with Gasteiger partial charge in [-0.2, -0.15) is 0 Å². The number of aliphatic imine (C=N–C) groups is 1. The van der Waals surface area contributed by atoms with Gasteiger partial charge in [0.1, 0.15) is 5.82 Å². The smallest absolute Gasteiger partial charge is 0.223 e. The van der Waals surface area contributed by atoms with E-state index in [1.807, 2.05) is 19.1 Å². The zero-order valence-corrected chi connectivity index (χ0v) is 16.6. The molecule has 0 aliphatic heterocycles. The summed E-state index contributed by atoms with van der Waals surface area (Å²) in [6.45, 7) is 2.70. The Hall–Kier alpha value is -2.11. The highest BCUT2D eigenvalue weighted by atomic mass is 19.1. The van der Waals surface area contributed by atoms with Gasteiger partial charge in [-0.05, 0) is 57.1 Å². The first kappa shape index (κ1) is 19.2. The summed E-state index contributed by atoms with van der Waals surface area (Å²) in [6.07, 6.45) is 7.11. The number of halogens is 1. The van der Waals surface area contributed by atoms with E-state index >= 15 is 0 Å². The molecule has 3 N–H and O–H groups in total. The Balaban J connectivity index is 1.31. The molecule has 3 aliphatic rings. The molecule has 3 fully saturated rings. The highest BCUT2D eigenvalue weighted by Gasteiger charge is 2.41. The van der Waals surface area contributed by atoms with E-state index in [9.17, 15) is 9.18 Å². The van der Waals surface area contributed by atoms with E-state index in [-0.39, 0.29) is 35.6 Å². The van der Waals surface area contributed by atoms with Gasteiger partial charge in [0.25, 0.3) is 0 Å². The number of nitrogens with one attached hydrogen (secondary N) is 3. The van der Waals surface area contributed by atoms with Crippen LogP contribution in [0, 0.1) is 11.7 Å². The van der Waals surface area contributed by atoms with Gasteiger partial charge in [-0.3, -0.25) is 9.79 Å². The summed E-state index contributed by atoms with van der Waals surface area (Å²) in [5.74, 6) is 1.18. The van der Waals surface area contributed by atoms with Crippen molar-refractivity contribution in [3.05, 3.63) is 35.6 Å². The number of carbonyl (C=O) groups excluding carboxylic acids is 1. The third-order valence-electron chi connectivity index (χ3n) is 6.04. The molecular weight excluding hydrogens is 355 g/mol. The lowest BCUT2D eigenvalue weighted by atomic mass is 9.85. The van der Waals surface area contributed by atoms with Gasteiger partial charge in [0.2, 0.25) is 5.91 Å². The number of benzene rings is 1. The Labute approximate surface area is 166 Å². The van der Waals surface area contributed by atoms with Crippen LogP contribution in [0.2, 0.25) is 0 Å². The van der Waals surface area contributed by atoms with Crippen molar-refractivity contribution in [3.8, 4) is 0 Å². The van der Waals surface area contributed by atoms with E-state index in [0.717, 1.165) is 56.5 Å². The third kappa shape index (κ3) is 4.83. The fourth-order valence-electron chi connectivity index (χ4n) is 4.24. The summed E-state index contributed by atoms with van der Waals surface area (Å²) in [4.78, 5) is 17.0. The second-order valence-electron chi connectivity index (χ2n) is 8.43. The first-order valence-corrected chi connectivity index (χ1v) is 10.8. The van der Waals surface area contributed by atoms with Crippen molar-refractivity contribution in [1.82, 2.24) is 16.0 Å². The van der Waals surface area contributed by atoms with Crippen LogP contribution in [0.1, 0.15) is 63.4 Å². The van der Waals surface area contributed by atoms with Crippen LogP contribution in [0.15, 0.2) is 29.3 Å². The monoisotopic (exact) mass is 386 g/mol. The van der Waals surface area contributed by atoms with Crippen molar-refractivity contribution in [2.75, 3.05) is 6.54 Å². The van der Waals surface area contributed by atoms with E-state index in [0.29, 0.717) is 12.6 Å². The Bertz CT molecular complexity index is 733. The lowest BCUT2D eigenvalue weighted by Crippen LogP contribution is -2.48. The molecule has 152 valence electrons. The van der Waals surface area contributed by atoms with Gasteiger partial charge in [0, 0.05) is 36.5 Å². The van der Waals surface area contributed by atoms with Crippen molar-refractivity contribution in [2.24, 2.45) is 10.9 Å². The minimum absolute atomic E-state index is 0.0989. The van der Waals surface area contributed by atoms with Crippen LogP contribution in [0.5, 0.6) is 0 Å². The van der Waals surface area contributed by atoms with E-state index < -0.39 is 0 Å². The fourth-order valence-corrected chi connectivity index (χ4v) is 4.24. The Kier molecular flexibility index (Phi) is 5.83. The SMILES string of the molecule is CCN=C(NC1CCCC(C(=O)NC2CC2)C1)NC1CC1c1ccccc1F. The van der Waals surface area contributed by atoms with Crippen LogP contribution in [0.3, 0.4) is 0 Å². The average Bonchev–Trinajstić information content (AvgIpc) is 3.60. The lowest BCUT2D eigenvalue weighted by molar-refractivity contribution is -0.126. The quantitative estimate of drug-likeness (QED) is 0.520. The number of rotatable bonds is 6. The van der Waals surface area contributed by atoms with Gasteiger partial charge in [-0.1, -0.05) is 24.6 Å². The van der Waals surface area contributed by atoms with E-state index in [2.05, 4.69) is 20.9 Å². The number of hydrogen-bond donors (Lipinski definition) is 3. The number of guanidine groups is 1. The third-order valence-corrected chi connectivity index (χ3v) is 6.04. The first-order valence-electron chi connectivity index (χ1n) is 10.8. The van der Waals surface area contributed by atoms with Crippen LogP contribution < -0.4 is 16.0 Å². The molecule has 4 atom stereocenters. The minimum Gasteiger partial charge on any atom is -0.354 e. The standard InChI is InChI=1S/C22H31FN4O/c1-2-24-22(27-20-13-18(20)17-8-3-4-9-19(17)23)26-16-7-5-6-14(12-16)21(28)25-15-10-11-15/h3-4,8-9,14-16,18,20H,2,5-7,10-13H2,1H3,(H,25,28)(H2,24,26,27). The van der Waals surface area contributed by atoms with E-state index in [4.69, 9.17) is 0 Å². The van der Waals surface area contributed by atoms with Crippen LogP contribution in [0.25, 0.3) is 0 Å². The second-order valence-corrected chi connectivity index (χ2v) is 8.43. The molecule has 1 aromatic rings. The predicted octanol–water partition coefficient (Wildman–Crippen LogP) is 3.07. The molecule has 1 aromatic carbocycles. The maximum absolute atomic E-state index is 14.0. The van der Waals surface area contributed by atoms with Gasteiger partial charge < -0.3 is 16.0 Å². The molecule has 4 unspecified atom stereocenters. The van der Waals surface area contributed by atoms with Gasteiger partial charge in [-0.15, -0.1) is 0 Å². The molecule has 0 aromatic heterocycles. The summed E-state index contributed by atoms with van der Waals surface area (Å²) < 4.78 is 14.0. The minimum atomic E-state index is -0.129. The van der Waals surface area contributed by atoms with Crippen molar-refractivity contribution < 1.29 is 9.18 Å². The molecule has 1 amide bonds. The average molecular weight is 387 g/mol. The van der Waals surface area contributed by atoms with E-state index in [1.165, 1.54) is 6.07 Å². The van der Waals surface area contributed by atoms with Crippen molar-refractivity contribution in [2.45, 2.75) is 75.9 Å². The molecule has 3 saturated carbocycles.